The fraction of sp³-hybridized carbons (Fsp3) is 0.500. The number of fused-ring (bicyclic) bond motifs is 3. The minimum atomic E-state index is -0.612. The van der Waals surface area contributed by atoms with E-state index >= 15 is 0 Å². The van der Waals surface area contributed by atoms with Gasteiger partial charge < -0.3 is 15.0 Å². The lowest BCUT2D eigenvalue weighted by Gasteiger charge is -2.42. The van der Waals surface area contributed by atoms with Crippen molar-refractivity contribution in [1.82, 2.24) is 20.2 Å². The van der Waals surface area contributed by atoms with Crippen molar-refractivity contribution in [2.45, 2.75) is 96.4 Å². The van der Waals surface area contributed by atoms with Crippen LogP contribution in [0.1, 0.15) is 99.6 Å². The summed E-state index contributed by atoms with van der Waals surface area (Å²) in [4.78, 5) is 36.5. The number of carbonyl (C=O) groups excluding carboxylic acids is 2. The molecule has 196 valence electrons. The molecule has 2 atom stereocenters. The molecule has 1 aromatic carbocycles. The Balaban J connectivity index is 1.57. The van der Waals surface area contributed by atoms with Gasteiger partial charge in [0.15, 0.2) is 0 Å². The van der Waals surface area contributed by atoms with Crippen LogP contribution in [0, 0.1) is 0 Å². The van der Waals surface area contributed by atoms with Gasteiger partial charge in [0.1, 0.15) is 17.3 Å². The van der Waals surface area contributed by atoms with Crippen LogP contribution < -0.4 is 5.32 Å². The van der Waals surface area contributed by atoms with Crippen molar-refractivity contribution in [2.75, 3.05) is 0 Å². The number of unbranched alkanes of at least 4 members (excludes halogenated alkanes) is 1. The summed E-state index contributed by atoms with van der Waals surface area (Å²) >= 11 is 0. The van der Waals surface area contributed by atoms with Gasteiger partial charge in [-0.15, -0.1) is 0 Å². The molecular formula is C30H38N4O3. The topological polar surface area (TPSA) is 87.3 Å². The van der Waals surface area contributed by atoms with E-state index in [1.165, 1.54) is 10.9 Å². The Morgan fingerprint density at radius 2 is 1.95 bits per heavy atom. The number of nitrogens with zero attached hydrogens (tertiary/aromatic N) is 2. The second-order valence-corrected chi connectivity index (χ2v) is 11.4. The number of H-pyrrole nitrogens is 1. The second-order valence-electron chi connectivity index (χ2n) is 11.4. The number of aromatic nitrogens is 2. The van der Waals surface area contributed by atoms with Crippen molar-refractivity contribution in [3.05, 3.63) is 65.1 Å². The third-order valence-electron chi connectivity index (χ3n) is 7.50. The Hall–Kier alpha value is -3.35. The Morgan fingerprint density at radius 1 is 1.16 bits per heavy atom. The van der Waals surface area contributed by atoms with E-state index in [2.05, 4.69) is 40.4 Å². The van der Waals surface area contributed by atoms with Crippen LogP contribution in [0.15, 0.2) is 42.6 Å². The number of amides is 2. The molecule has 0 spiro atoms. The first kappa shape index (κ1) is 25.3. The number of para-hydroxylation sites is 1. The molecule has 2 aromatic heterocycles. The van der Waals surface area contributed by atoms with E-state index in [1.807, 2.05) is 37.8 Å². The van der Waals surface area contributed by atoms with Gasteiger partial charge in [-0.1, -0.05) is 44.0 Å². The maximum Gasteiger partial charge on any atom is 0.411 e. The first-order valence-corrected chi connectivity index (χ1v) is 13.6. The van der Waals surface area contributed by atoms with Gasteiger partial charge in [0, 0.05) is 34.9 Å². The summed E-state index contributed by atoms with van der Waals surface area (Å²) in [5.74, 6) is -0.143. The number of benzene rings is 1. The molecule has 37 heavy (non-hydrogen) atoms. The predicted molar refractivity (Wildman–Crippen MR) is 145 cm³/mol. The zero-order valence-corrected chi connectivity index (χ0v) is 22.3. The fourth-order valence-electron chi connectivity index (χ4n) is 5.45. The quantitative estimate of drug-likeness (QED) is 0.415. The molecule has 2 aliphatic rings. The summed E-state index contributed by atoms with van der Waals surface area (Å²) < 4.78 is 5.94. The molecule has 7 nitrogen and oxygen atoms in total. The fourth-order valence-corrected chi connectivity index (χ4v) is 5.45. The summed E-state index contributed by atoms with van der Waals surface area (Å²) in [6.07, 6.45) is 8.36. The van der Waals surface area contributed by atoms with Gasteiger partial charge in [0.05, 0.1) is 0 Å². The first-order chi connectivity index (χ1) is 17.7. The molecule has 0 radical (unpaired) electrons. The average Bonchev–Trinajstić information content (AvgIpc) is 3.21. The lowest BCUT2D eigenvalue weighted by Crippen LogP contribution is -2.49. The van der Waals surface area contributed by atoms with Crippen LogP contribution in [-0.2, 0) is 11.2 Å². The molecule has 1 fully saturated rings. The van der Waals surface area contributed by atoms with Crippen molar-refractivity contribution in [1.29, 1.82) is 0 Å². The molecule has 1 aliphatic heterocycles. The smallest absolute Gasteiger partial charge is 0.411 e. The van der Waals surface area contributed by atoms with Gasteiger partial charge in [-0.05, 0) is 76.1 Å². The summed E-state index contributed by atoms with van der Waals surface area (Å²) in [7, 11) is 0. The van der Waals surface area contributed by atoms with Gasteiger partial charge in [0.25, 0.3) is 5.91 Å². The maximum absolute atomic E-state index is 13.7. The van der Waals surface area contributed by atoms with Crippen LogP contribution in [-0.4, -0.2) is 44.6 Å². The minimum Gasteiger partial charge on any atom is -0.444 e. The minimum absolute atomic E-state index is 0.00639. The summed E-state index contributed by atoms with van der Waals surface area (Å²) in [6.45, 7) is 7.87. The van der Waals surface area contributed by atoms with Crippen molar-refractivity contribution in [3.8, 4) is 0 Å². The van der Waals surface area contributed by atoms with Crippen LogP contribution >= 0.6 is 0 Å². The summed E-state index contributed by atoms with van der Waals surface area (Å²) in [5.41, 5.74) is 3.94. The molecule has 5 rings (SSSR count). The Kier molecular flexibility index (Phi) is 6.97. The van der Waals surface area contributed by atoms with Crippen molar-refractivity contribution < 1.29 is 14.3 Å². The van der Waals surface area contributed by atoms with Crippen molar-refractivity contribution in [2.24, 2.45) is 0 Å². The van der Waals surface area contributed by atoms with Gasteiger partial charge in [-0.3, -0.25) is 14.7 Å². The van der Waals surface area contributed by atoms with E-state index in [-0.39, 0.29) is 30.1 Å². The summed E-state index contributed by atoms with van der Waals surface area (Å²) in [6, 6.07) is 11.9. The number of nitrogens with one attached hydrogen (secondary N) is 2. The zero-order chi connectivity index (χ0) is 26.2. The first-order valence-electron chi connectivity index (χ1n) is 13.6. The molecule has 3 aromatic rings. The van der Waals surface area contributed by atoms with E-state index in [9.17, 15) is 9.59 Å². The van der Waals surface area contributed by atoms with Gasteiger partial charge in [-0.25, -0.2) is 4.79 Å². The highest BCUT2D eigenvalue weighted by molar-refractivity contribution is 5.92. The van der Waals surface area contributed by atoms with E-state index in [1.54, 1.807) is 12.3 Å². The number of pyridine rings is 1. The Morgan fingerprint density at radius 3 is 2.59 bits per heavy atom. The molecule has 2 amide bonds. The van der Waals surface area contributed by atoms with Crippen molar-refractivity contribution in [3.63, 3.8) is 0 Å². The number of aromatic amines is 1. The average molecular weight is 503 g/mol. The van der Waals surface area contributed by atoms with Gasteiger partial charge >= 0.3 is 6.09 Å². The largest absolute Gasteiger partial charge is 0.444 e. The third-order valence-corrected chi connectivity index (χ3v) is 7.50. The number of ether oxygens (including phenoxy) is 1. The maximum atomic E-state index is 13.7. The van der Waals surface area contributed by atoms with Crippen LogP contribution in [0.2, 0.25) is 0 Å². The van der Waals surface area contributed by atoms with Gasteiger partial charge in [0.2, 0.25) is 0 Å². The molecule has 2 N–H and O–H groups in total. The SMILES string of the molecule is CCCC[C@H]1Cc2c([nH]c3ccccc23)[C@H](c2ccc(C(=O)NC3CCC3)nc2)N1C(=O)OC(C)(C)C. The molecule has 0 saturated heterocycles. The monoisotopic (exact) mass is 502 g/mol. The van der Waals surface area contributed by atoms with E-state index in [4.69, 9.17) is 4.74 Å². The molecule has 1 saturated carbocycles. The van der Waals surface area contributed by atoms with Crippen molar-refractivity contribution >= 4 is 22.9 Å². The molecule has 7 heteroatoms. The van der Waals surface area contributed by atoms with E-state index in [0.29, 0.717) is 5.69 Å². The summed E-state index contributed by atoms with van der Waals surface area (Å²) in [5, 5.41) is 4.25. The van der Waals surface area contributed by atoms with Crippen LogP contribution in [0.4, 0.5) is 4.79 Å². The molecule has 3 heterocycles. The highest BCUT2D eigenvalue weighted by Gasteiger charge is 2.42. The van der Waals surface area contributed by atoms with Crippen LogP contribution in [0.25, 0.3) is 10.9 Å². The molecule has 0 bridgehead atoms. The molecular weight excluding hydrogens is 464 g/mol. The number of hydrogen-bond donors (Lipinski definition) is 2. The van der Waals surface area contributed by atoms with Crippen LogP contribution in [0.3, 0.4) is 0 Å². The lowest BCUT2D eigenvalue weighted by molar-refractivity contribution is 0.00431. The van der Waals surface area contributed by atoms with E-state index in [0.717, 1.165) is 61.7 Å². The standard InChI is InChI=1S/C30H38N4O3/c1-5-6-12-21-17-23-22-13-7-8-14-24(22)33-26(23)27(34(21)29(36)37-30(2,3)4)19-15-16-25(31-18-19)28(35)32-20-10-9-11-20/h7-8,13-16,18,20-21,27,33H,5-6,9-12,17H2,1-4H3,(H,32,35)/t21-,27-/m0/s1. The predicted octanol–water partition coefficient (Wildman–Crippen LogP) is 6.29. The third kappa shape index (κ3) is 5.22. The number of hydrogen-bond acceptors (Lipinski definition) is 4. The zero-order valence-electron chi connectivity index (χ0n) is 22.3. The highest BCUT2D eigenvalue weighted by Crippen LogP contribution is 2.42. The number of carbonyl (C=O) groups is 2. The molecule has 0 unspecified atom stereocenters. The van der Waals surface area contributed by atoms with Gasteiger partial charge in [-0.2, -0.15) is 0 Å². The molecule has 1 aliphatic carbocycles. The van der Waals surface area contributed by atoms with Crippen LogP contribution in [0.5, 0.6) is 0 Å². The highest BCUT2D eigenvalue weighted by atomic mass is 16.6. The normalized spacial score (nSPS) is 19.8. The van der Waals surface area contributed by atoms with E-state index < -0.39 is 5.60 Å². The second kappa shape index (κ2) is 10.2. The Bertz CT molecular complexity index is 1270. The Labute approximate surface area is 219 Å². The lowest BCUT2D eigenvalue weighted by atomic mass is 9.87. The number of rotatable bonds is 6.